The van der Waals surface area contributed by atoms with E-state index in [2.05, 4.69) is 16.4 Å². The van der Waals surface area contributed by atoms with Gasteiger partial charge in [0.05, 0.1) is 11.1 Å². The average molecular weight is 341 g/mol. The van der Waals surface area contributed by atoms with E-state index in [1.807, 2.05) is 6.92 Å². The van der Waals surface area contributed by atoms with Crippen molar-refractivity contribution in [1.82, 2.24) is 4.98 Å². The molecule has 6 nitrogen and oxygen atoms in total. The highest BCUT2D eigenvalue weighted by Gasteiger charge is 2.08. The summed E-state index contributed by atoms with van der Waals surface area (Å²) in [5.74, 6) is -0.704. The molecule has 0 saturated carbocycles. The van der Waals surface area contributed by atoms with Crippen molar-refractivity contribution in [3.05, 3.63) is 53.2 Å². The van der Waals surface area contributed by atoms with Crippen molar-refractivity contribution in [1.29, 1.82) is 5.26 Å². The Morgan fingerprint density at radius 2 is 1.96 bits per heavy atom. The second-order valence-electron chi connectivity index (χ2n) is 4.95. The van der Waals surface area contributed by atoms with Gasteiger partial charge in [0.25, 0.3) is 0 Å². The summed E-state index contributed by atoms with van der Waals surface area (Å²) in [6.45, 7) is 1.85. The zero-order valence-electron chi connectivity index (χ0n) is 12.9. The minimum absolute atomic E-state index is 0.165. The molecule has 24 heavy (non-hydrogen) atoms. The fraction of sp³-hybridized carbons (Fsp3) is 0.176. The van der Waals surface area contributed by atoms with Crippen LogP contribution in [0.3, 0.4) is 0 Å². The molecule has 0 fully saturated rings. The molecule has 1 aromatic heterocycles. The van der Waals surface area contributed by atoms with Crippen molar-refractivity contribution in [2.24, 2.45) is 0 Å². The Hall–Kier alpha value is -2.85. The number of hydrogen-bond acceptors (Lipinski definition) is 5. The number of carbonyl (C=O) groups excluding carboxylic acids is 1. The van der Waals surface area contributed by atoms with Crippen LogP contribution in [0.15, 0.2) is 41.4 Å². The molecule has 1 aromatic carbocycles. The van der Waals surface area contributed by atoms with Crippen LogP contribution >= 0.6 is 11.8 Å². The van der Waals surface area contributed by atoms with E-state index in [0.717, 1.165) is 5.69 Å². The monoisotopic (exact) mass is 341 g/mol. The third kappa shape index (κ3) is 4.83. The number of nitriles is 1. The number of aromatic carboxylic acids is 1. The molecule has 2 aromatic rings. The maximum absolute atomic E-state index is 11.9. The van der Waals surface area contributed by atoms with Gasteiger partial charge in [0.1, 0.15) is 11.1 Å². The number of carboxylic acid groups (broad SMARTS) is 1. The van der Waals surface area contributed by atoms with Crippen molar-refractivity contribution in [3.63, 3.8) is 0 Å². The highest BCUT2D eigenvalue weighted by Crippen LogP contribution is 2.21. The molecule has 0 bridgehead atoms. The SMILES string of the molecule is Cc1ccc(C#N)c(SCCC(=O)Nc2ccc(C(=O)O)cc2)n1. The van der Waals surface area contributed by atoms with E-state index in [1.54, 1.807) is 24.3 Å². The van der Waals surface area contributed by atoms with Gasteiger partial charge in [-0.25, -0.2) is 9.78 Å². The van der Waals surface area contributed by atoms with Gasteiger partial charge in [-0.1, -0.05) is 0 Å². The molecule has 7 heteroatoms. The van der Waals surface area contributed by atoms with Gasteiger partial charge >= 0.3 is 5.97 Å². The van der Waals surface area contributed by atoms with Crippen molar-refractivity contribution in [3.8, 4) is 6.07 Å². The third-order valence-corrected chi connectivity index (χ3v) is 4.10. The fourth-order valence-electron chi connectivity index (χ4n) is 1.89. The number of amides is 1. The molecule has 0 aliphatic carbocycles. The van der Waals surface area contributed by atoms with Crippen LogP contribution in [0, 0.1) is 18.3 Å². The minimum Gasteiger partial charge on any atom is -0.478 e. The predicted octanol–water partition coefficient (Wildman–Crippen LogP) is 3.08. The Balaban J connectivity index is 1.86. The molecular formula is C17H15N3O3S. The largest absolute Gasteiger partial charge is 0.478 e. The van der Waals surface area contributed by atoms with Gasteiger partial charge in [0.2, 0.25) is 5.91 Å². The number of carboxylic acids is 1. The first-order chi connectivity index (χ1) is 11.5. The molecular weight excluding hydrogens is 326 g/mol. The Morgan fingerprint density at radius 1 is 1.25 bits per heavy atom. The number of carbonyl (C=O) groups is 2. The molecule has 0 aliphatic rings. The van der Waals surface area contributed by atoms with Gasteiger partial charge < -0.3 is 10.4 Å². The zero-order valence-corrected chi connectivity index (χ0v) is 13.8. The second-order valence-corrected chi connectivity index (χ2v) is 6.03. The number of thioether (sulfide) groups is 1. The Morgan fingerprint density at radius 3 is 2.58 bits per heavy atom. The number of aryl methyl sites for hydroxylation is 1. The van der Waals surface area contributed by atoms with E-state index in [4.69, 9.17) is 10.4 Å². The van der Waals surface area contributed by atoms with E-state index in [9.17, 15) is 9.59 Å². The van der Waals surface area contributed by atoms with Crippen molar-refractivity contribution in [2.75, 3.05) is 11.1 Å². The summed E-state index contributed by atoms with van der Waals surface area (Å²) in [4.78, 5) is 27.0. The highest BCUT2D eigenvalue weighted by atomic mass is 32.2. The van der Waals surface area contributed by atoms with Crippen LogP contribution in [-0.2, 0) is 4.79 Å². The van der Waals surface area contributed by atoms with Crippen LogP contribution < -0.4 is 5.32 Å². The van der Waals surface area contributed by atoms with Crippen LogP contribution in [0.1, 0.15) is 28.0 Å². The molecule has 1 amide bonds. The molecule has 0 unspecified atom stereocenters. The number of anilines is 1. The van der Waals surface area contributed by atoms with E-state index in [-0.39, 0.29) is 17.9 Å². The predicted molar refractivity (Wildman–Crippen MR) is 91.1 cm³/mol. The number of benzene rings is 1. The standard InChI is InChI=1S/C17H15N3O3S/c1-11-2-3-13(10-18)16(19-11)24-9-8-15(21)20-14-6-4-12(5-7-14)17(22)23/h2-7H,8-9H2,1H3,(H,20,21)(H,22,23). The van der Waals surface area contributed by atoms with Crippen LogP contribution in [-0.4, -0.2) is 27.7 Å². The summed E-state index contributed by atoms with van der Waals surface area (Å²) in [5, 5.41) is 21.2. The Bertz CT molecular complexity index is 798. The average Bonchev–Trinajstić information content (AvgIpc) is 2.55. The number of aromatic nitrogens is 1. The van der Waals surface area contributed by atoms with Crippen molar-refractivity contribution < 1.29 is 14.7 Å². The molecule has 0 aliphatic heterocycles. The number of nitrogens with one attached hydrogen (secondary N) is 1. The Labute approximate surface area is 143 Å². The first-order valence-corrected chi connectivity index (χ1v) is 8.12. The first-order valence-electron chi connectivity index (χ1n) is 7.13. The summed E-state index contributed by atoms with van der Waals surface area (Å²) in [6, 6.07) is 11.5. The first kappa shape index (κ1) is 17.5. The lowest BCUT2D eigenvalue weighted by molar-refractivity contribution is -0.115. The number of pyridine rings is 1. The van der Waals surface area contributed by atoms with Gasteiger partial charge in [-0.05, 0) is 43.3 Å². The molecule has 2 rings (SSSR count). The lowest BCUT2D eigenvalue weighted by atomic mass is 10.2. The number of hydrogen-bond donors (Lipinski definition) is 2. The summed E-state index contributed by atoms with van der Waals surface area (Å²) in [5.41, 5.74) is 2.02. The third-order valence-electron chi connectivity index (χ3n) is 3.10. The summed E-state index contributed by atoms with van der Waals surface area (Å²) in [6.07, 6.45) is 0.256. The zero-order chi connectivity index (χ0) is 17.5. The molecule has 2 N–H and O–H groups in total. The molecule has 122 valence electrons. The lowest BCUT2D eigenvalue weighted by Crippen LogP contribution is -2.12. The van der Waals surface area contributed by atoms with E-state index in [1.165, 1.54) is 23.9 Å². The summed E-state index contributed by atoms with van der Waals surface area (Å²) < 4.78 is 0. The molecule has 1 heterocycles. The van der Waals surface area contributed by atoms with Gasteiger partial charge in [0, 0.05) is 23.6 Å². The van der Waals surface area contributed by atoms with Crippen LogP contribution in [0.25, 0.3) is 0 Å². The topological polar surface area (TPSA) is 103 Å². The fourth-order valence-corrected chi connectivity index (χ4v) is 2.85. The van der Waals surface area contributed by atoms with Gasteiger partial charge in [-0.15, -0.1) is 11.8 Å². The van der Waals surface area contributed by atoms with Gasteiger partial charge in [0.15, 0.2) is 0 Å². The molecule has 0 atom stereocenters. The highest BCUT2D eigenvalue weighted by molar-refractivity contribution is 7.99. The van der Waals surface area contributed by atoms with Crippen LogP contribution in [0.2, 0.25) is 0 Å². The normalized spacial score (nSPS) is 10.0. The van der Waals surface area contributed by atoms with Crippen molar-refractivity contribution >= 4 is 29.3 Å². The lowest BCUT2D eigenvalue weighted by Gasteiger charge is -2.06. The summed E-state index contributed by atoms with van der Waals surface area (Å²) in [7, 11) is 0. The maximum atomic E-state index is 11.9. The molecule has 0 radical (unpaired) electrons. The van der Waals surface area contributed by atoms with Crippen molar-refractivity contribution in [2.45, 2.75) is 18.4 Å². The minimum atomic E-state index is -1.01. The van der Waals surface area contributed by atoms with Gasteiger partial charge in [-0.2, -0.15) is 5.26 Å². The van der Waals surface area contributed by atoms with E-state index >= 15 is 0 Å². The summed E-state index contributed by atoms with van der Waals surface area (Å²) >= 11 is 1.36. The van der Waals surface area contributed by atoms with E-state index < -0.39 is 5.97 Å². The quantitative estimate of drug-likeness (QED) is 0.783. The van der Waals surface area contributed by atoms with Crippen LogP contribution in [0.4, 0.5) is 5.69 Å². The van der Waals surface area contributed by atoms with Gasteiger partial charge in [-0.3, -0.25) is 4.79 Å². The smallest absolute Gasteiger partial charge is 0.335 e. The second kappa shape index (κ2) is 8.13. The van der Waals surface area contributed by atoms with E-state index in [0.29, 0.717) is 22.0 Å². The van der Waals surface area contributed by atoms with Crippen LogP contribution in [0.5, 0.6) is 0 Å². The maximum Gasteiger partial charge on any atom is 0.335 e. The molecule has 0 saturated heterocycles. The number of nitrogens with zero attached hydrogens (tertiary/aromatic N) is 2. The number of rotatable bonds is 6. The molecule has 0 spiro atoms. The Kier molecular flexibility index (Phi) is 5.93.